The molecule has 0 spiro atoms. The van der Waals surface area contributed by atoms with Gasteiger partial charge in [-0.05, 0) is 18.8 Å². The number of halogens is 2. The molecule has 14 heavy (non-hydrogen) atoms. The van der Waals surface area contributed by atoms with Crippen molar-refractivity contribution in [2.24, 2.45) is 11.8 Å². The molecule has 2 saturated heterocycles. The van der Waals surface area contributed by atoms with Crippen molar-refractivity contribution in [3.63, 3.8) is 0 Å². The minimum absolute atomic E-state index is 0.0449. The fourth-order valence-corrected chi connectivity index (χ4v) is 2.58. The Balaban J connectivity index is 2.06. The molecule has 0 saturated carbocycles. The van der Waals surface area contributed by atoms with Crippen molar-refractivity contribution >= 4 is 5.91 Å². The van der Waals surface area contributed by atoms with Gasteiger partial charge in [0, 0.05) is 25.7 Å². The van der Waals surface area contributed by atoms with Crippen molar-refractivity contribution in [1.29, 1.82) is 0 Å². The number of hydrogen-bond acceptors (Lipinski definition) is 2. The predicted octanol–water partition coefficient (Wildman–Crippen LogP) is 0.318. The first-order chi connectivity index (χ1) is 6.61. The molecule has 0 aliphatic carbocycles. The molecule has 2 aliphatic rings. The zero-order valence-corrected chi connectivity index (χ0v) is 8.04. The molecule has 80 valence electrons. The second-order valence-electron chi connectivity index (χ2n) is 4.11. The summed E-state index contributed by atoms with van der Waals surface area (Å²) in [6.07, 6.45) is -2.86. The van der Waals surface area contributed by atoms with Crippen molar-refractivity contribution in [2.45, 2.75) is 19.4 Å². The van der Waals surface area contributed by atoms with Crippen LogP contribution in [0.3, 0.4) is 0 Å². The predicted molar refractivity (Wildman–Crippen MR) is 47.0 cm³/mol. The number of likely N-dealkylation sites (tertiary alicyclic amines) is 1. The van der Waals surface area contributed by atoms with E-state index in [-0.39, 0.29) is 6.04 Å². The van der Waals surface area contributed by atoms with Crippen LogP contribution in [0.15, 0.2) is 0 Å². The number of hydrogen-bond donors (Lipinski definition) is 1. The van der Waals surface area contributed by atoms with Gasteiger partial charge in [-0.3, -0.25) is 4.79 Å². The SMILES string of the molecule is CC1C2CNCC2CN1C(=O)C(F)F. The molecule has 3 nitrogen and oxygen atoms in total. The average molecular weight is 204 g/mol. The van der Waals surface area contributed by atoms with Gasteiger partial charge in [-0.25, -0.2) is 0 Å². The van der Waals surface area contributed by atoms with Gasteiger partial charge in [-0.2, -0.15) is 8.78 Å². The second-order valence-corrected chi connectivity index (χ2v) is 4.11. The highest BCUT2D eigenvalue weighted by Gasteiger charge is 2.45. The summed E-state index contributed by atoms with van der Waals surface area (Å²) in [5.41, 5.74) is 0. The van der Waals surface area contributed by atoms with E-state index in [1.54, 1.807) is 0 Å². The Kier molecular flexibility index (Phi) is 2.43. The first-order valence-electron chi connectivity index (χ1n) is 4.90. The maximum Gasteiger partial charge on any atom is 0.315 e. The number of carbonyl (C=O) groups is 1. The van der Waals surface area contributed by atoms with Crippen LogP contribution in [0.2, 0.25) is 0 Å². The highest BCUT2D eigenvalue weighted by atomic mass is 19.3. The van der Waals surface area contributed by atoms with Crippen LogP contribution >= 0.6 is 0 Å². The molecule has 2 rings (SSSR count). The number of rotatable bonds is 1. The van der Waals surface area contributed by atoms with Gasteiger partial charge < -0.3 is 10.2 Å². The fourth-order valence-electron chi connectivity index (χ4n) is 2.58. The van der Waals surface area contributed by atoms with E-state index in [1.165, 1.54) is 4.90 Å². The summed E-state index contributed by atoms with van der Waals surface area (Å²) in [6.45, 7) is 4.04. The lowest BCUT2D eigenvalue weighted by atomic mass is 9.95. The van der Waals surface area contributed by atoms with E-state index in [0.29, 0.717) is 18.4 Å². The third-order valence-electron chi connectivity index (χ3n) is 3.40. The molecule has 0 aromatic heterocycles. The number of alkyl halides is 2. The van der Waals surface area contributed by atoms with E-state index >= 15 is 0 Å². The zero-order valence-electron chi connectivity index (χ0n) is 8.04. The summed E-state index contributed by atoms with van der Waals surface area (Å²) in [5, 5.41) is 3.22. The van der Waals surface area contributed by atoms with Crippen molar-refractivity contribution in [3.05, 3.63) is 0 Å². The van der Waals surface area contributed by atoms with Crippen LogP contribution in [0.4, 0.5) is 8.78 Å². The van der Waals surface area contributed by atoms with Crippen LogP contribution in [-0.4, -0.2) is 42.9 Å². The van der Waals surface area contributed by atoms with Crippen molar-refractivity contribution in [3.8, 4) is 0 Å². The van der Waals surface area contributed by atoms with E-state index in [1.807, 2.05) is 6.92 Å². The fraction of sp³-hybridized carbons (Fsp3) is 0.889. The first-order valence-corrected chi connectivity index (χ1v) is 4.90. The lowest BCUT2D eigenvalue weighted by Crippen LogP contribution is -2.41. The third kappa shape index (κ3) is 1.39. The Bertz CT molecular complexity index is 247. The molecule has 0 aromatic rings. The molecule has 0 bridgehead atoms. The Morgan fingerprint density at radius 2 is 2.21 bits per heavy atom. The van der Waals surface area contributed by atoms with Crippen LogP contribution in [0, 0.1) is 11.8 Å². The summed E-state index contributed by atoms with van der Waals surface area (Å²) in [4.78, 5) is 12.5. The highest BCUT2D eigenvalue weighted by molar-refractivity contribution is 5.80. The molecule has 1 amide bonds. The van der Waals surface area contributed by atoms with E-state index in [4.69, 9.17) is 0 Å². The lowest BCUT2D eigenvalue weighted by molar-refractivity contribution is -0.143. The highest BCUT2D eigenvalue weighted by Crippen LogP contribution is 2.32. The molecule has 1 N–H and O–H groups in total. The molecule has 2 aliphatic heterocycles. The summed E-state index contributed by atoms with van der Waals surface area (Å²) in [6, 6.07) is -0.0449. The Labute approximate surface area is 81.4 Å². The van der Waals surface area contributed by atoms with Gasteiger partial charge in [0.1, 0.15) is 0 Å². The monoisotopic (exact) mass is 204 g/mol. The third-order valence-corrected chi connectivity index (χ3v) is 3.40. The Morgan fingerprint density at radius 3 is 2.79 bits per heavy atom. The number of carbonyl (C=O) groups excluding carboxylic acids is 1. The van der Waals surface area contributed by atoms with Crippen molar-refractivity contribution < 1.29 is 13.6 Å². The summed E-state index contributed by atoms with van der Waals surface area (Å²) < 4.78 is 24.4. The first kappa shape index (κ1) is 9.83. The summed E-state index contributed by atoms with van der Waals surface area (Å²) in [7, 11) is 0. The lowest BCUT2D eigenvalue weighted by Gasteiger charge is -2.23. The topological polar surface area (TPSA) is 32.3 Å². The number of nitrogens with one attached hydrogen (secondary N) is 1. The van der Waals surface area contributed by atoms with Crippen LogP contribution < -0.4 is 5.32 Å². The standard InChI is InChI=1S/C9H14F2N2O/c1-5-7-3-12-2-6(7)4-13(5)9(14)8(10)11/h5-8,12H,2-4H2,1H3. The van der Waals surface area contributed by atoms with Gasteiger partial charge >= 0.3 is 6.43 Å². The maximum atomic E-state index is 12.2. The molecule has 0 radical (unpaired) electrons. The Morgan fingerprint density at radius 1 is 1.50 bits per heavy atom. The summed E-state index contributed by atoms with van der Waals surface area (Å²) in [5.74, 6) is -0.280. The van der Waals surface area contributed by atoms with Gasteiger partial charge in [-0.15, -0.1) is 0 Å². The van der Waals surface area contributed by atoms with E-state index in [0.717, 1.165) is 13.1 Å². The van der Waals surface area contributed by atoms with E-state index in [2.05, 4.69) is 5.32 Å². The number of nitrogens with zero attached hydrogens (tertiary/aromatic N) is 1. The van der Waals surface area contributed by atoms with Crippen LogP contribution in [-0.2, 0) is 4.79 Å². The molecular weight excluding hydrogens is 190 g/mol. The van der Waals surface area contributed by atoms with Gasteiger partial charge in [0.05, 0.1) is 0 Å². The van der Waals surface area contributed by atoms with Gasteiger partial charge in [0.2, 0.25) is 0 Å². The molecular formula is C9H14F2N2O. The second kappa shape index (κ2) is 3.46. The molecule has 5 heteroatoms. The molecule has 0 aromatic carbocycles. The Hall–Kier alpha value is -0.710. The quantitative estimate of drug-likeness (QED) is 0.667. The van der Waals surface area contributed by atoms with Gasteiger partial charge in [0.15, 0.2) is 0 Å². The largest absolute Gasteiger partial charge is 0.334 e. The number of amides is 1. The van der Waals surface area contributed by atoms with Gasteiger partial charge in [-0.1, -0.05) is 0 Å². The van der Waals surface area contributed by atoms with Crippen LogP contribution in [0.5, 0.6) is 0 Å². The van der Waals surface area contributed by atoms with Crippen LogP contribution in [0.1, 0.15) is 6.92 Å². The minimum Gasteiger partial charge on any atom is -0.334 e. The maximum absolute atomic E-state index is 12.2. The smallest absolute Gasteiger partial charge is 0.315 e. The molecule has 3 unspecified atom stereocenters. The molecule has 2 heterocycles. The molecule has 3 atom stereocenters. The normalized spacial score (nSPS) is 36.6. The van der Waals surface area contributed by atoms with Crippen molar-refractivity contribution in [1.82, 2.24) is 10.2 Å². The zero-order chi connectivity index (χ0) is 10.3. The van der Waals surface area contributed by atoms with Crippen molar-refractivity contribution in [2.75, 3.05) is 19.6 Å². The minimum atomic E-state index is -2.86. The molecule has 2 fully saturated rings. The van der Waals surface area contributed by atoms with Gasteiger partial charge in [0.25, 0.3) is 5.91 Å². The van der Waals surface area contributed by atoms with E-state index < -0.39 is 12.3 Å². The van der Waals surface area contributed by atoms with E-state index in [9.17, 15) is 13.6 Å². The number of fused-ring (bicyclic) bond motifs is 1. The average Bonchev–Trinajstić information content (AvgIpc) is 2.68. The van der Waals surface area contributed by atoms with Crippen LogP contribution in [0.25, 0.3) is 0 Å². The summed E-state index contributed by atoms with van der Waals surface area (Å²) >= 11 is 0.